The molecule has 1 aliphatic rings. The predicted octanol–water partition coefficient (Wildman–Crippen LogP) is 2.96. The highest BCUT2D eigenvalue weighted by atomic mass is 16.6. The first kappa shape index (κ1) is 12.5. The lowest BCUT2D eigenvalue weighted by Crippen LogP contribution is -2.02. The van der Waals surface area contributed by atoms with Gasteiger partial charge in [-0.25, -0.2) is 4.79 Å². The van der Waals surface area contributed by atoms with Gasteiger partial charge in [0.25, 0.3) is 0 Å². The van der Waals surface area contributed by atoms with Crippen molar-refractivity contribution in [1.29, 1.82) is 0 Å². The Bertz CT molecular complexity index is 663. The van der Waals surface area contributed by atoms with Crippen LogP contribution in [0.15, 0.2) is 42.5 Å². The van der Waals surface area contributed by atoms with E-state index in [1.807, 2.05) is 30.3 Å². The third-order valence-electron chi connectivity index (χ3n) is 3.39. The van der Waals surface area contributed by atoms with Gasteiger partial charge in [-0.1, -0.05) is 18.2 Å². The van der Waals surface area contributed by atoms with Crippen molar-refractivity contribution < 1.29 is 19.0 Å². The molecule has 0 saturated carbocycles. The molecule has 4 nitrogen and oxygen atoms in total. The van der Waals surface area contributed by atoms with E-state index in [2.05, 4.69) is 0 Å². The van der Waals surface area contributed by atoms with Gasteiger partial charge in [-0.2, -0.15) is 0 Å². The molecule has 3 rings (SSSR count). The zero-order chi connectivity index (χ0) is 14.1. The standard InChI is InChI=1S/C16H14O4/c1-18-11-6-3-5-10(9-11)15-14-12(16(17)20-15)7-4-8-13(14)19-2/h3-9,15H,1-2H3. The van der Waals surface area contributed by atoms with E-state index in [0.717, 1.165) is 16.9 Å². The van der Waals surface area contributed by atoms with Crippen molar-refractivity contribution in [2.75, 3.05) is 14.2 Å². The second-order valence-electron chi connectivity index (χ2n) is 4.48. The molecule has 4 heteroatoms. The van der Waals surface area contributed by atoms with Crippen molar-refractivity contribution in [2.24, 2.45) is 0 Å². The molecule has 2 aromatic rings. The van der Waals surface area contributed by atoms with Gasteiger partial charge in [-0.3, -0.25) is 0 Å². The maximum absolute atomic E-state index is 12.0. The molecule has 0 bridgehead atoms. The summed E-state index contributed by atoms with van der Waals surface area (Å²) in [6, 6.07) is 12.8. The minimum atomic E-state index is -0.455. The molecule has 1 atom stereocenters. The molecule has 0 saturated heterocycles. The van der Waals surface area contributed by atoms with Gasteiger partial charge in [-0.15, -0.1) is 0 Å². The lowest BCUT2D eigenvalue weighted by Gasteiger charge is -2.14. The summed E-state index contributed by atoms with van der Waals surface area (Å²) in [4.78, 5) is 12.0. The fraction of sp³-hybridized carbons (Fsp3) is 0.188. The van der Waals surface area contributed by atoms with Crippen molar-refractivity contribution in [1.82, 2.24) is 0 Å². The van der Waals surface area contributed by atoms with Gasteiger partial charge in [-0.05, 0) is 24.3 Å². The van der Waals surface area contributed by atoms with Crippen molar-refractivity contribution in [3.63, 3.8) is 0 Å². The van der Waals surface area contributed by atoms with Gasteiger partial charge in [0.15, 0.2) is 6.10 Å². The average molecular weight is 270 g/mol. The van der Waals surface area contributed by atoms with Crippen LogP contribution in [0, 0.1) is 0 Å². The molecule has 1 heterocycles. The number of cyclic esters (lactones) is 1. The second-order valence-corrected chi connectivity index (χ2v) is 4.48. The molecule has 2 aromatic carbocycles. The number of methoxy groups -OCH3 is 2. The Labute approximate surface area is 116 Å². The summed E-state index contributed by atoms with van der Waals surface area (Å²) >= 11 is 0. The molecule has 0 amide bonds. The van der Waals surface area contributed by atoms with Crippen LogP contribution in [-0.2, 0) is 4.74 Å². The van der Waals surface area contributed by atoms with E-state index in [0.29, 0.717) is 11.3 Å². The van der Waals surface area contributed by atoms with E-state index < -0.39 is 6.10 Å². The van der Waals surface area contributed by atoms with Crippen LogP contribution in [0.2, 0.25) is 0 Å². The normalized spacial score (nSPS) is 16.5. The van der Waals surface area contributed by atoms with Gasteiger partial charge >= 0.3 is 5.97 Å². The van der Waals surface area contributed by atoms with Crippen LogP contribution in [0.3, 0.4) is 0 Å². The smallest absolute Gasteiger partial charge is 0.339 e. The van der Waals surface area contributed by atoms with E-state index >= 15 is 0 Å². The average Bonchev–Trinajstić information content (AvgIpc) is 2.85. The number of rotatable bonds is 3. The van der Waals surface area contributed by atoms with Crippen molar-refractivity contribution in [3.05, 3.63) is 59.2 Å². The van der Waals surface area contributed by atoms with E-state index in [4.69, 9.17) is 14.2 Å². The number of benzene rings is 2. The van der Waals surface area contributed by atoms with Gasteiger partial charge in [0.2, 0.25) is 0 Å². The fourth-order valence-corrected chi connectivity index (χ4v) is 2.44. The van der Waals surface area contributed by atoms with Crippen LogP contribution in [0.1, 0.15) is 27.6 Å². The monoisotopic (exact) mass is 270 g/mol. The molecule has 0 N–H and O–H groups in total. The van der Waals surface area contributed by atoms with Gasteiger partial charge in [0.05, 0.1) is 25.3 Å². The third kappa shape index (κ3) is 1.90. The summed E-state index contributed by atoms with van der Waals surface area (Å²) in [6.07, 6.45) is -0.455. The molecule has 0 spiro atoms. The van der Waals surface area contributed by atoms with Gasteiger partial charge in [0.1, 0.15) is 11.5 Å². The summed E-state index contributed by atoms with van der Waals surface area (Å²) in [5, 5.41) is 0. The Hall–Kier alpha value is -2.49. The van der Waals surface area contributed by atoms with Crippen LogP contribution < -0.4 is 9.47 Å². The number of fused-ring (bicyclic) bond motifs is 1. The topological polar surface area (TPSA) is 44.8 Å². The Morgan fingerprint density at radius 1 is 1.05 bits per heavy atom. The lowest BCUT2D eigenvalue weighted by atomic mass is 9.98. The highest BCUT2D eigenvalue weighted by Crippen LogP contribution is 2.41. The van der Waals surface area contributed by atoms with Crippen molar-refractivity contribution in [2.45, 2.75) is 6.10 Å². The van der Waals surface area contributed by atoms with E-state index in [1.54, 1.807) is 26.4 Å². The highest BCUT2D eigenvalue weighted by molar-refractivity contribution is 5.95. The molecule has 102 valence electrons. The molecular formula is C16H14O4. The lowest BCUT2D eigenvalue weighted by molar-refractivity contribution is 0.0454. The third-order valence-corrected chi connectivity index (χ3v) is 3.39. The molecule has 1 aliphatic heterocycles. The Balaban J connectivity index is 2.12. The Morgan fingerprint density at radius 3 is 2.60 bits per heavy atom. The molecule has 0 fully saturated rings. The largest absolute Gasteiger partial charge is 0.497 e. The zero-order valence-corrected chi connectivity index (χ0v) is 11.3. The second kappa shape index (κ2) is 4.89. The number of hydrogen-bond donors (Lipinski definition) is 0. The fourth-order valence-electron chi connectivity index (χ4n) is 2.44. The van der Waals surface area contributed by atoms with E-state index in [-0.39, 0.29) is 5.97 Å². The first-order valence-electron chi connectivity index (χ1n) is 6.26. The summed E-state index contributed by atoms with van der Waals surface area (Å²) < 4.78 is 16.0. The number of ether oxygens (including phenoxy) is 3. The number of esters is 1. The number of carbonyl (C=O) groups is 1. The SMILES string of the molecule is COc1cccc(C2OC(=O)c3cccc(OC)c32)c1. The molecule has 0 aromatic heterocycles. The summed E-state index contributed by atoms with van der Waals surface area (Å²) in [6.45, 7) is 0. The molecule has 0 aliphatic carbocycles. The minimum absolute atomic E-state index is 0.327. The van der Waals surface area contributed by atoms with Crippen molar-refractivity contribution in [3.8, 4) is 11.5 Å². The summed E-state index contributed by atoms with van der Waals surface area (Å²) in [7, 11) is 3.19. The summed E-state index contributed by atoms with van der Waals surface area (Å²) in [5.74, 6) is 1.05. The maximum atomic E-state index is 12.0. The van der Waals surface area contributed by atoms with E-state index in [9.17, 15) is 4.79 Å². The van der Waals surface area contributed by atoms with Crippen LogP contribution in [0.25, 0.3) is 0 Å². The first-order valence-corrected chi connectivity index (χ1v) is 6.26. The van der Waals surface area contributed by atoms with Gasteiger partial charge < -0.3 is 14.2 Å². The number of hydrogen-bond acceptors (Lipinski definition) is 4. The quantitative estimate of drug-likeness (QED) is 0.804. The molecule has 0 radical (unpaired) electrons. The molecule has 1 unspecified atom stereocenters. The zero-order valence-electron chi connectivity index (χ0n) is 11.3. The van der Waals surface area contributed by atoms with Crippen LogP contribution in [-0.4, -0.2) is 20.2 Å². The van der Waals surface area contributed by atoms with Crippen LogP contribution >= 0.6 is 0 Å². The molecule has 20 heavy (non-hydrogen) atoms. The molecular weight excluding hydrogens is 256 g/mol. The van der Waals surface area contributed by atoms with Crippen molar-refractivity contribution >= 4 is 5.97 Å². The van der Waals surface area contributed by atoms with Gasteiger partial charge in [0, 0.05) is 5.56 Å². The summed E-state index contributed by atoms with van der Waals surface area (Å²) in [5.41, 5.74) is 2.19. The Morgan fingerprint density at radius 2 is 1.85 bits per heavy atom. The van der Waals surface area contributed by atoms with E-state index in [1.165, 1.54) is 0 Å². The predicted molar refractivity (Wildman–Crippen MR) is 73.2 cm³/mol. The minimum Gasteiger partial charge on any atom is -0.497 e. The number of carbonyl (C=O) groups excluding carboxylic acids is 1. The first-order chi connectivity index (χ1) is 9.74. The Kier molecular flexibility index (Phi) is 3.06. The highest BCUT2D eigenvalue weighted by Gasteiger charge is 2.35. The maximum Gasteiger partial charge on any atom is 0.339 e. The van der Waals surface area contributed by atoms with Crippen LogP contribution in [0.4, 0.5) is 0 Å². The van der Waals surface area contributed by atoms with Crippen LogP contribution in [0.5, 0.6) is 11.5 Å².